The molecule has 2 heterocycles. The van der Waals surface area contributed by atoms with Crippen molar-refractivity contribution < 1.29 is 14.0 Å². The van der Waals surface area contributed by atoms with E-state index in [1.807, 2.05) is 9.80 Å². The van der Waals surface area contributed by atoms with Crippen LogP contribution in [0.5, 0.6) is 0 Å². The van der Waals surface area contributed by atoms with E-state index in [9.17, 15) is 14.0 Å². The summed E-state index contributed by atoms with van der Waals surface area (Å²) in [6.45, 7) is 4.74. The Morgan fingerprint density at radius 1 is 1.27 bits per heavy atom. The van der Waals surface area contributed by atoms with Crippen LogP contribution in [-0.2, 0) is 0 Å². The second-order valence-electron chi connectivity index (χ2n) is 6.83. The molecular weight excluding hydrogens is 353 g/mol. The molecule has 1 aromatic carbocycles. The molecule has 0 aliphatic carbocycles. The maximum atomic E-state index is 13.5. The Kier molecular flexibility index (Phi) is 6.06. The van der Waals surface area contributed by atoms with E-state index < -0.39 is 5.82 Å². The summed E-state index contributed by atoms with van der Waals surface area (Å²) in [7, 11) is 0. The van der Waals surface area contributed by atoms with E-state index >= 15 is 0 Å². The molecule has 0 saturated carbocycles. The van der Waals surface area contributed by atoms with Crippen molar-refractivity contribution in [3.63, 3.8) is 0 Å². The molecular formula is C19H26FN3O2S. The Balaban J connectivity index is 1.63. The van der Waals surface area contributed by atoms with E-state index in [0.717, 1.165) is 31.4 Å². The van der Waals surface area contributed by atoms with Crippen LogP contribution in [0.15, 0.2) is 24.3 Å². The van der Waals surface area contributed by atoms with Gasteiger partial charge in [0.1, 0.15) is 5.82 Å². The Hall–Kier alpha value is -1.76. The lowest BCUT2D eigenvalue weighted by atomic mass is 10.0. The van der Waals surface area contributed by atoms with Crippen molar-refractivity contribution in [1.82, 2.24) is 15.1 Å². The van der Waals surface area contributed by atoms with Gasteiger partial charge >= 0.3 is 6.03 Å². The predicted octanol–water partition coefficient (Wildman–Crippen LogP) is 3.32. The topological polar surface area (TPSA) is 52.7 Å². The Morgan fingerprint density at radius 3 is 2.73 bits per heavy atom. The number of carbonyl (C=O) groups excluding carboxylic acids is 2. The smallest absolute Gasteiger partial charge is 0.317 e. The average Bonchev–Trinajstić information content (AvgIpc) is 3.05. The van der Waals surface area contributed by atoms with Crippen LogP contribution in [0.2, 0.25) is 0 Å². The van der Waals surface area contributed by atoms with Crippen LogP contribution in [0.4, 0.5) is 9.18 Å². The quantitative estimate of drug-likeness (QED) is 0.817. The summed E-state index contributed by atoms with van der Waals surface area (Å²) < 4.78 is 13.5. The number of unbranched alkanes of at least 4 members (excludes halogenated alkanes) is 1. The molecule has 0 unspecified atom stereocenters. The lowest BCUT2D eigenvalue weighted by Crippen LogP contribution is -2.55. The first-order valence-corrected chi connectivity index (χ1v) is 10.3. The van der Waals surface area contributed by atoms with Crippen LogP contribution >= 0.6 is 11.8 Å². The first-order valence-electron chi connectivity index (χ1n) is 9.30. The molecule has 26 heavy (non-hydrogen) atoms. The van der Waals surface area contributed by atoms with Gasteiger partial charge in [-0.3, -0.25) is 4.79 Å². The van der Waals surface area contributed by atoms with E-state index in [4.69, 9.17) is 0 Å². The monoisotopic (exact) mass is 379 g/mol. The highest BCUT2D eigenvalue weighted by Crippen LogP contribution is 2.44. The van der Waals surface area contributed by atoms with Gasteiger partial charge in [-0.15, -0.1) is 11.8 Å². The van der Waals surface area contributed by atoms with Crippen molar-refractivity contribution in [1.29, 1.82) is 0 Å². The zero-order valence-electron chi connectivity index (χ0n) is 15.2. The highest BCUT2D eigenvalue weighted by atomic mass is 32.2. The SMILES string of the molecule is CCCCNC(=O)N1CCC2(CC1)SCCN2C(=O)c1cccc(F)c1. The normalized spacial score (nSPS) is 19.0. The number of nitrogens with zero attached hydrogens (tertiary/aromatic N) is 2. The van der Waals surface area contributed by atoms with Gasteiger partial charge in [0.05, 0.1) is 4.87 Å². The molecule has 1 N–H and O–H groups in total. The molecule has 2 saturated heterocycles. The van der Waals surface area contributed by atoms with Gasteiger partial charge in [-0.25, -0.2) is 9.18 Å². The first kappa shape index (κ1) is 19.0. The molecule has 2 aliphatic rings. The van der Waals surface area contributed by atoms with Gasteiger partial charge in [-0.2, -0.15) is 0 Å². The minimum absolute atomic E-state index is 0.0145. The van der Waals surface area contributed by atoms with E-state index in [1.54, 1.807) is 23.9 Å². The van der Waals surface area contributed by atoms with Crippen molar-refractivity contribution >= 4 is 23.7 Å². The molecule has 0 aromatic heterocycles. The van der Waals surface area contributed by atoms with Gasteiger partial charge in [0.25, 0.3) is 5.91 Å². The van der Waals surface area contributed by atoms with Gasteiger partial charge in [-0.1, -0.05) is 19.4 Å². The standard InChI is InChI=1S/C19H26FN3O2S/c1-2-3-9-21-18(25)22-10-7-19(8-11-22)23(12-13-26-19)17(24)15-5-4-6-16(20)14-15/h4-6,14H,2-3,7-13H2,1H3,(H,21,25). The van der Waals surface area contributed by atoms with E-state index in [0.29, 0.717) is 31.7 Å². The number of amides is 3. The number of nitrogens with one attached hydrogen (secondary N) is 1. The molecule has 3 amide bonds. The van der Waals surface area contributed by atoms with E-state index in [1.165, 1.54) is 12.1 Å². The summed E-state index contributed by atoms with van der Waals surface area (Å²) in [5.74, 6) is 0.370. The van der Waals surface area contributed by atoms with Crippen molar-refractivity contribution in [2.75, 3.05) is 31.9 Å². The van der Waals surface area contributed by atoms with Crippen LogP contribution in [0, 0.1) is 5.82 Å². The van der Waals surface area contributed by atoms with Crippen LogP contribution in [-0.4, -0.2) is 58.5 Å². The van der Waals surface area contributed by atoms with E-state index in [-0.39, 0.29) is 16.8 Å². The molecule has 7 heteroatoms. The third-order valence-electron chi connectivity index (χ3n) is 5.13. The number of benzene rings is 1. The zero-order chi connectivity index (χ0) is 18.6. The number of hydrogen-bond acceptors (Lipinski definition) is 3. The average molecular weight is 380 g/mol. The fourth-order valence-corrected chi connectivity index (χ4v) is 5.09. The molecule has 1 aromatic rings. The Labute approximate surface area is 158 Å². The van der Waals surface area contributed by atoms with Gasteiger partial charge in [0.2, 0.25) is 0 Å². The van der Waals surface area contributed by atoms with Gasteiger partial charge in [-0.05, 0) is 37.5 Å². The number of halogens is 1. The van der Waals surface area contributed by atoms with Crippen molar-refractivity contribution in [2.45, 2.75) is 37.5 Å². The summed E-state index contributed by atoms with van der Waals surface area (Å²) in [6, 6.07) is 5.87. The molecule has 0 atom stereocenters. The van der Waals surface area contributed by atoms with Gasteiger partial charge < -0.3 is 15.1 Å². The molecule has 3 rings (SSSR count). The third kappa shape index (κ3) is 3.98. The number of carbonyl (C=O) groups is 2. The number of thioether (sulfide) groups is 1. The Morgan fingerprint density at radius 2 is 2.04 bits per heavy atom. The van der Waals surface area contributed by atoms with Crippen molar-refractivity contribution in [3.8, 4) is 0 Å². The van der Waals surface area contributed by atoms with Crippen molar-refractivity contribution in [2.24, 2.45) is 0 Å². The molecule has 1 spiro atoms. The number of likely N-dealkylation sites (tertiary alicyclic amines) is 1. The molecule has 0 radical (unpaired) electrons. The third-order valence-corrected chi connectivity index (χ3v) is 6.69. The summed E-state index contributed by atoms with van der Waals surface area (Å²) in [6.07, 6.45) is 3.53. The second kappa shape index (κ2) is 8.29. The minimum Gasteiger partial charge on any atom is -0.338 e. The number of urea groups is 1. The molecule has 2 fully saturated rings. The summed E-state index contributed by atoms with van der Waals surface area (Å²) in [4.78, 5) is 28.6. The van der Waals surface area contributed by atoms with Crippen LogP contribution in [0.1, 0.15) is 43.0 Å². The number of hydrogen-bond donors (Lipinski definition) is 1. The molecule has 2 aliphatic heterocycles. The summed E-state index contributed by atoms with van der Waals surface area (Å²) in [5.41, 5.74) is 0.395. The Bertz CT molecular complexity index is 662. The second-order valence-corrected chi connectivity index (χ2v) is 8.29. The fraction of sp³-hybridized carbons (Fsp3) is 0.579. The molecule has 5 nitrogen and oxygen atoms in total. The summed E-state index contributed by atoms with van der Waals surface area (Å²) in [5, 5.41) is 2.96. The first-order chi connectivity index (χ1) is 12.6. The van der Waals surface area contributed by atoms with Crippen LogP contribution in [0.3, 0.4) is 0 Å². The summed E-state index contributed by atoms with van der Waals surface area (Å²) >= 11 is 1.79. The van der Waals surface area contributed by atoms with Crippen LogP contribution < -0.4 is 5.32 Å². The predicted molar refractivity (Wildman–Crippen MR) is 102 cm³/mol. The largest absolute Gasteiger partial charge is 0.338 e. The molecule has 0 bridgehead atoms. The fourth-order valence-electron chi connectivity index (χ4n) is 3.63. The lowest BCUT2D eigenvalue weighted by Gasteiger charge is -2.44. The van der Waals surface area contributed by atoms with Gasteiger partial charge in [0, 0.05) is 37.5 Å². The molecule has 142 valence electrons. The lowest BCUT2D eigenvalue weighted by molar-refractivity contribution is 0.0580. The maximum Gasteiger partial charge on any atom is 0.317 e. The number of rotatable bonds is 4. The zero-order valence-corrected chi connectivity index (χ0v) is 16.0. The maximum absolute atomic E-state index is 13.5. The van der Waals surface area contributed by atoms with Crippen LogP contribution in [0.25, 0.3) is 0 Å². The minimum atomic E-state index is -0.393. The highest BCUT2D eigenvalue weighted by molar-refractivity contribution is 8.00. The van der Waals surface area contributed by atoms with E-state index in [2.05, 4.69) is 12.2 Å². The van der Waals surface area contributed by atoms with Gasteiger partial charge in [0.15, 0.2) is 0 Å². The van der Waals surface area contributed by atoms with Crippen molar-refractivity contribution in [3.05, 3.63) is 35.6 Å². The highest BCUT2D eigenvalue weighted by Gasteiger charge is 2.47. The number of piperidine rings is 1.